The van der Waals surface area contributed by atoms with Crippen LogP contribution in [0.3, 0.4) is 0 Å². The van der Waals surface area contributed by atoms with Crippen molar-refractivity contribution in [3.05, 3.63) is 46.9 Å². The number of amides is 1. The molecule has 2 rings (SSSR count). The van der Waals surface area contributed by atoms with Gasteiger partial charge >= 0.3 is 12.1 Å². The van der Waals surface area contributed by atoms with Crippen LogP contribution in [-0.2, 0) is 20.4 Å². The van der Waals surface area contributed by atoms with Gasteiger partial charge in [0.15, 0.2) is 9.84 Å². The third-order valence-corrected chi connectivity index (χ3v) is 5.62. The Morgan fingerprint density at radius 2 is 1.52 bits per heavy atom. The van der Waals surface area contributed by atoms with Gasteiger partial charge in [-0.05, 0) is 23.8 Å². The fraction of sp³-hybridized carbons (Fsp3) is 0.286. The van der Waals surface area contributed by atoms with E-state index in [-0.39, 0.29) is 17.0 Å². The number of hydrogen-bond donors (Lipinski definition) is 1. The summed E-state index contributed by atoms with van der Waals surface area (Å²) in [5.74, 6) is -1.77. The molecule has 0 atom stereocenters. The van der Waals surface area contributed by atoms with Crippen LogP contribution in [0, 0.1) is 0 Å². The minimum Gasteiger partial charge on any atom is -0.496 e. The van der Waals surface area contributed by atoms with Crippen molar-refractivity contribution < 1.29 is 45.3 Å². The molecule has 0 heterocycles. The first-order valence-electron chi connectivity index (χ1n) is 9.20. The first-order chi connectivity index (χ1) is 15.4. The third kappa shape index (κ3) is 6.78. The SMILES string of the molecule is COc1cc(OC)c(/C=C/S(=O)(=O)Cc2ccc(OC)c(NC(=O)C(F)(F)F)c2)c(OC)c1. The van der Waals surface area contributed by atoms with E-state index >= 15 is 0 Å². The molecule has 0 saturated carbocycles. The number of hydrogen-bond acceptors (Lipinski definition) is 7. The van der Waals surface area contributed by atoms with Gasteiger partial charge in [0.25, 0.3) is 0 Å². The number of nitrogens with one attached hydrogen (secondary N) is 1. The van der Waals surface area contributed by atoms with Gasteiger partial charge in [-0.3, -0.25) is 4.79 Å². The van der Waals surface area contributed by atoms with E-state index in [2.05, 4.69) is 0 Å². The first kappa shape index (κ1) is 25.8. The maximum Gasteiger partial charge on any atom is 0.471 e. The summed E-state index contributed by atoms with van der Waals surface area (Å²) in [6, 6.07) is 6.82. The molecule has 1 N–H and O–H groups in total. The summed E-state index contributed by atoms with van der Waals surface area (Å²) in [7, 11) is 1.56. The van der Waals surface area contributed by atoms with Gasteiger partial charge in [0, 0.05) is 17.5 Å². The van der Waals surface area contributed by atoms with E-state index in [0.717, 1.165) is 11.5 Å². The van der Waals surface area contributed by atoms with Gasteiger partial charge < -0.3 is 24.3 Å². The average molecular weight is 489 g/mol. The van der Waals surface area contributed by atoms with Crippen LogP contribution in [-0.4, -0.2) is 48.9 Å². The maximum atomic E-state index is 12.7. The van der Waals surface area contributed by atoms with Crippen LogP contribution in [0.25, 0.3) is 6.08 Å². The summed E-state index contributed by atoms with van der Waals surface area (Å²) in [5, 5.41) is 2.61. The van der Waals surface area contributed by atoms with Crippen LogP contribution in [0.2, 0.25) is 0 Å². The largest absolute Gasteiger partial charge is 0.496 e. The lowest BCUT2D eigenvalue weighted by molar-refractivity contribution is -0.167. The number of methoxy groups -OCH3 is 4. The molecule has 1 amide bonds. The molecule has 0 bridgehead atoms. The number of ether oxygens (including phenoxy) is 4. The van der Waals surface area contributed by atoms with E-state index in [1.807, 2.05) is 0 Å². The summed E-state index contributed by atoms with van der Waals surface area (Å²) >= 11 is 0. The van der Waals surface area contributed by atoms with Crippen LogP contribution in [0.4, 0.5) is 18.9 Å². The molecule has 0 spiro atoms. The second-order valence-corrected chi connectivity index (χ2v) is 8.43. The highest BCUT2D eigenvalue weighted by atomic mass is 32.2. The first-order valence-corrected chi connectivity index (χ1v) is 10.9. The van der Waals surface area contributed by atoms with Crippen molar-refractivity contribution in [1.82, 2.24) is 0 Å². The summed E-state index contributed by atoms with van der Waals surface area (Å²) < 4.78 is 83.7. The molecule has 33 heavy (non-hydrogen) atoms. The number of alkyl halides is 3. The molecule has 0 unspecified atom stereocenters. The zero-order valence-corrected chi connectivity index (χ0v) is 19.0. The second kappa shape index (κ2) is 10.5. The molecular weight excluding hydrogens is 467 g/mol. The van der Waals surface area contributed by atoms with Crippen molar-refractivity contribution in [2.75, 3.05) is 33.8 Å². The lowest BCUT2D eigenvalue weighted by Gasteiger charge is -2.13. The van der Waals surface area contributed by atoms with Gasteiger partial charge in [0.05, 0.1) is 45.4 Å². The zero-order chi connectivity index (χ0) is 24.8. The summed E-state index contributed by atoms with van der Waals surface area (Å²) in [6.07, 6.45) is -3.84. The number of halogens is 3. The third-order valence-electron chi connectivity index (χ3n) is 4.33. The van der Waals surface area contributed by atoms with Crippen LogP contribution in [0.5, 0.6) is 23.0 Å². The van der Waals surface area contributed by atoms with E-state index in [1.165, 1.54) is 46.6 Å². The van der Waals surface area contributed by atoms with Crippen LogP contribution >= 0.6 is 0 Å². The smallest absolute Gasteiger partial charge is 0.471 e. The van der Waals surface area contributed by atoms with Gasteiger partial charge in [0.2, 0.25) is 0 Å². The molecule has 0 aliphatic heterocycles. The second-order valence-electron chi connectivity index (χ2n) is 6.54. The molecule has 0 fully saturated rings. The summed E-state index contributed by atoms with van der Waals surface area (Å²) in [6.45, 7) is 0. The molecule has 2 aromatic rings. The summed E-state index contributed by atoms with van der Waals surface area (Å²) in [4.78, 5) is 11.3. The van der Waals surface area contributed by atoms with Crippen molar-refractivity contribution in [3.8, 4) is 23.0 Å². The van der Waals surface area contributed by atoms with Crippen molar-refractivity contribution in [2.45, 2.75) is 11.9 Å². The highest BCUT2D eigenvalue weighted by Crippen LogP contribution is 2.35. The fourth-order valence-corrected chi connectivity index (χ4v) is 3.87. The predicted molar refractivity (Wildman–Crippen MR) is 115 cm³/mol. The van der Waals surface area contributed by atoms with Crippen LogP contribution in [0.15, 0.2) is 35.7 Å². The Kier molecular flexibility index (Phi) is 8.20. The average Bonchev–Trinajstić information content (AvgIpc) is 2.76. The normalized spacial score (nSPS) is 11.8. The number of benzene rings is 2. The van der Waals surface area contributed by atoms with Gasteiger partial charge in [-0.1, -0.05) is 6.07 Å². The van der Waals surface area contributed by atoms with E-state index in [4.69, 9.17) is 18.9 Å². The Morgan fingerprint density at radius 1 is 0.939 bits per heavy atom. The van der Waals surface area contributed by atoms with E-state index in [0.29, 0.717) is 22.8 Å². The summed E-state index contributed by atoms with van der Waals surface area (Å²) in [5.41, 5.74) is 0.166. The van der Waals surface area contributed by atoms with E-state index in [1.54, 1.807) is 17.4 Å². The zero-order valence-electron chi connectivity index (χ0n) is 18.1. The Morgan fingerprint density at radius 3 is 2.00 bits per heavy atom. The Labute approximate surface area is 188 Å². The fourth-order valence-electron chi connectivity index (χ4n) is 2.78. The highest BCUT2D eigenvalue weighted by Gasteiger charge is 2.39. The number of carbonyl (C=O) groups is 1. The van der Waals surface area contributed by atoms with Crippen molar-refractivity contribution >= 4 is 27.5 Å². The molecule has 2 aromatic carbocycles. The lowest BCUT2D eigenvalue weighted by atomic mass is 10.1. The van der Waals surface area contributed by atoms with Gasteiger partial charge in [0.1, 0.15) is 23.0 Å². The molecule has 180 valence electrons. The minimum absolute atomic E-state index is 0.0583. The Hall–Kier alpha value is -3.41. The Balaban J connectivity index is 2.34. The standard InChI is InChI=1S/C21H22F3NO7S/c1-29-14-10-18(31-3)15(19(11-14)32-4)7-8-33(27,28)12-13-5-6-17(30-2)16(9-13)25-20(26)21(22,23)24/h5-11H,12H2,1-4H3,(H,25,26)/b8-7+. The van der Waals surface area contributed by atoms with Gasteiger partial charge in [-0.15, -0.1) is 0 Å². The topological polar surface area (TPSA) is 100 Å². The van der Waals surface area contributed by atoms with E-state index < -0.39 is 27.7 Å². The van der Waals surface area contributed by atoms with Gasteiger partial charge in [-0.2, -0.15) is 13.2 Å². The quantitative estimate of drug-likeness (QED) is 0.572. The molecule has 0 aliphatic carbocycles. The van der Waals surface area contributed by atoms with Crippen molar-refractivity contribution in [3.63, 3.8) is 0 Å². The molecule has 12 heteroatoms. The van der Waals surface area contributed by atoms with Crippen LogP contribution in [0.1, 0.15) is 11.1 Å². The number of carbonyl (C=O) groups excluding carboxylic acids is 1. The minimum atomic E-state index is -5.12. The number of anilines is 1. The van der Waals surface area contributed by atoms with Crippen molar-refractivity contribution in [2.24, 2.45) is 0 Å². The molecule has 0 aliphatic rings. The molecule has 0 radical (unpaired) electrons. The monoisotopic (exact) mass is 489 g/mol. The molecule has 0 saturated heterocycles. The van der Waals surface area contributed by atoms with Gasteiger partial charge in [-0.25, -0.2) is 8.42 Å². The predicted octanol–water partition coefficient (Wildman–Crippen LogP) is 3.81. The molecular formula is C21H22F3NO7S. The Bertz CT molecular complexity index is 1120. The highest BCUT2D eigenvalue weighted by molar-refractivity contribution is 7.93. The lowest BCUT2D eigenvalue weighted by Crippen LogP contribution is -2.30. The van der Waals surface area contributed by atoms with Crippen LogP contribution < -0.4 is 24.3 Å². The maximum absolute atomic E-state index is 12.7. The van der Waals surface area contributed by atoms with Crippen molar-refractivity contribution in [1.29, 1.82) is 0 Å². The van der Waals surface area contributed by atoms with E-state index in [9.17, 15) is 26.4 Å². The molecule has 8 nitrogen and oxygen atoms in total. The number of rotatable bonds is 9. The number of sulfone groups is 1. The molecule has 0 aromatic heterocycles.